The quantitative estimate of drug-likeness (QED) is 0.685. The van der Waals surface area contributed by atoms with Crippen LogP contribution in [0.5, 0.6) is 0 Å². The molecule has 3 rings (SSSR count). The summed E-state index contributed by atoms with van der Waals surface area (Å²) in [5.74, 6) is -1.47. The smallest absolute Gasteiger partial charge is 0.259 e. The summed E-state index contributed by atoms with van der Waals surface area (Å²) in [5.41, 5.74) is 1.29. The van der Waals surface area contributed by atoms with Gasteiger partial charge in [-0.25, -0.2) is 8.78 Å². The van der Waals surface area contributed by atoms with Crippen LogP contribution in [0.25, 0.3) is 0 Å². The highest BCUT2D eigenvalue weighted by atomic mass is 127. The lowest BCUT2D eigenvalue weighted by Gasteiger charge is -2.18. The highest BCUT2D eigenvalue weighted by molar-refractivity contribution is 14.1. The molecule has 5 heteroatoms. The van der Waals surface area contributed by atoms with Gasteiger partial charge in [0.15, 0.2) is 0 Å². The lowest BCUT2D eigenvalue weighted by atomic mass is 10.1. The van der Waals surface area contributed by atoms with Gasteiger partial charge in [0, 0.05) is 21.7 Å². The molecule has 2 aromatic carbocycles. The molecule has 1 heterocycles. The van der Waals surface area contributed by atoms with Crippen LogP contribution in [0.1, 0.15) is 15.9 Å². The van der Waals surface area contributed by atoms with Crippen molar-refractivity contribution in [3.63, 3.8) is 0 Å². The molecule has 0 aromatic heterocycles. The third-order valence-electron chi connectivity index (χ3n) is 3.36. The number of benzene rings is 2. The second kappa shape index (κ2) is 5.12. The van der Waals surface area contributed by atoms with Crippen molar-refractivity contribution in [3.8, 4) is 0 Å². The SMILES string of the molecule is O=C(c1ccccc1I)N1CCc2c(F)cc(F)cc21. The van der Waals surface area contributed by atoms with Crippen LogP contribution in [0.4, 0.5) is 14.5 Å². The van der Waals surface area contributed by atoms with E-state index in [1.165, 1.54) is 11.0 Å². The number of amides is 1. The van der Waals surface area contributed by atoms with Crippen molar-refractivity contribution in [2.45, 2.75) is 6.42 Å². The Balaban J connectivity index is 2.04. The third kappa shape index (κ3) is 2.19. The first-order valence-corrected chi connectivity index (χ1v) is 7.20. The maximum Gasteiger partial charge on any atom is 0.259 e. The Hall–Kier alpha value is -1.50. The summed E-state index contributed by atoms with van der Waals surface area (Å²) < 4.78 is 27.9. The number of halogens is 3. The van der Waals surface area contributed by atoms with E-state index in [0.29, 0.717) is 29.8 Å². The molecule has 2 nitrogen and oxygen atoms in total. The highest BCUT2D eigenvalue weighted by Gasteiger charge is 2.29. The molecule has 0 bridgehead atoms. The molecule has 0 N–H and O–H groups in total. The number of nitrogens with zero attached hydrogens (tertiary/aromatic N) is 1. The van der Waals surface area contributed by atoms with E-state index in [-0.39, 0.29) is 5.91 Å². The molecule has 0 saturated carbocycles. The van der Waals surface area contributed by atoms with Gasteiger partial charge in [-0.2, -0.15) is 0 Å². The Morgan fingerprint density at radius 1 is 1.20 bits per heavy atom. The van der Waals surface area contributed by atoms with Crippen LogP contribution >= 0.6 is 22.6 Å². The van der Waals surface area contributed by atoms with Crippen molar-refractivity contribution in [2.75, 3.05) is 11.4 Å². The molecule has 0 atom stereocenters. The normalized spacial score (nSPS) is 13.4. The van der Waals surface area contributed by atoms with E-state index in [4.69, 9.17) is 0 Å². The summed E-state index contributed by atoms with van der Waals surface area (Å²) in [5, 5.41) is 0. The molecule has 1 aliphatic rings. The van der Waals surface area contributed by atoms with Crippen LogP contribution in [0.15, 0.2) is 36.4 Å². The third-order valence-corrected chi connectivity index (χ3v) is 4.30. The lowest BCUT2D eigenvalue weighted by molar-refractivity contribution is 0.0988. The number of carbonyl (C=O) groups excluding carboxylic acids is 1. The Morgan fingerprint density at radius 3 is 2.70 bits per heavy atom. The fraction of sp³-hybridized carbons (Fsp3) is 0.133. The Labute approximate surface area is 128 Å². The van der Waals surface area contributed by atoms with Gasteiger partial charge in [0.05, 0.1) is 11.3 Å². The molecule has 102 valence electrons. The summed E-state index contributed by atoms with van der Waals surface area (Å²) in [7, 11) is 0. The van der Waals surface area contributed by atoms with Crippen molar-refractivity contribution in [3.05, 3.63) is 62.7 Å². The van der Waals surface area contributed by atoms with Crippen molar-refractivity contribution >= 4 is 34.2 Å². The van der Waals surface area contributed by atoms with Gasteiger partial charge in [-0.15, -0.1) is 0 Å². The second-order valence-electron chi connectivity index (χ2n) is 4.57. The zero-order valence-corrected chi connectivity index (χ0v) is 12.5. The van der Waals surface area contributed by atoms with E-state index in [1.807, 2.05) is 12.1 Å². The first kappa shape index (κ1) is 13.5. The largest absolute Gasteiger partial charge is 0.308 e. The summed E-state index contributed by atoms with van der Waals surface area (Å²) in [4.78, 5) is 14.0. The summed E-state index contributed by atoms with van der Waals surface area (Å²) in [6, 6.07) is 9.25. The predicted molar refractivity (Wildman–Crippen MR) is 80.9 cm³/mol. The van der Waals surface area contributed by atoms with E-state index in [9.17, 15) is 13.6 Å². The van der Waals surface area contributed by atoms with Gasteiger partial charge in [-0.05, 0) is 47.2 Å². The van der Waals surface area contributed by atoms with Gasteiger partial charge < -0.3 is 4.90 Å². The minimum absolute atomic E-state index is 0.223. The Kier molecular flexibility index (Phi) is 3.45. The van der Waals surface area contributed by atoms with Gasteiger partial charge in [-0.3, -0.25) is 4.79 Å². The first-order chi connectivity index (χ1) is 9.58. The number of hydrogen-bond donors (Lipinski definition) is 0. The molecule has 0 spiro atoms. The van der Waals surface area contributed by atoms with Gasteiger partial charge in [0.1, 0.15) is 11.6 Å². The summed E-state index contributed by atoms with van der Waals surface area (Å²) in [6.07, 6.45) is 0.413. The van der Waals surface area contributed by atoms with Crippen LogP contribution < -0.4 is 4.90 Å². The van der Waals surface area contributed by atoms with E-state index in [0.717, 1.165) is 9.64 Å². The molecule has 0 aliphatic carbocycles. The fourth-order valence-electron chi connectivity index (χ4n) is 2.41. The lowest BCUT2D eigenvalue weighted by Crippen LogP contribution is -2.29. The van der Waals surface area contributed by atoms with E-state index in [1.54, 1.807) is 12.1 Å². The highest BCUT2D eigenvalue weighted by Crippen LogP contribution is 2.32. The predicted octanol–water partition coefficient (Wildman–Crippen LogP) is 3.77. The second-order valence-corrected chi connectivity index (χ2v) is 5.73. The zero-order valence-electron chi connectivity index (χ0n) is 10.4. The Bertz CT molecular complexity index is 702. The maximum absolute atomic E-state index is 13.7. The van der Waals surface area contributed by atoms with Crippen LogP contribution in [-0.4, -0.2) is 12.5 Å². The fourth-order valence-corrected chi connectivity index (χ4v) is 3.03. The number of carbonyl (C=O) groups is 1. The molecule has 0 saturated heterocycles. The Morgan fingerprint density at radius 2 is 1.95 bits per heavy atom. The van der Waals surface area contributed by atoms with Crippen LogP contribution in [0.2, 0.25) is 0 Å². The van der Waals surface area contributed by atoms with Crippen LogP contribution in [0.3, 0.4) is 0 Å². The molecule has 1 amide bonds. The van der Waals surface area contributed by atoms with Gasteiger partial charge in [0.2, 0.25) is 0 Å². The topological polar surface area (TPSA) is 20.3 Å². The number of anilines is 1. The minimum Gasteiger partial charge on any atom is -0.308 e. The van der Waals surface area contributed by atoms with Gasteiger partial charge in [0.25, 0.3) is 5.91 Å². The van der Waals surface area contributed by atoms with E-state index in [2.05, 4.69) is 22.6 Å². The van der Waals surface area contributed by atoms with E-state index >= 15 is 0 Å². The van der Waals surface area contributed by atoms with Gasteiger partial charge in [-0.1, -0.05) is 12.1 Å². The van der Waals surface area contributed by atoms with Crippen molar-refractivity contribution in [2.24, 2.45) is 0 Å². The van der Waals surface area contributed by atoms with Crippen molar-refractivity contribution < 1.29 is 13.6 Å². The number of rotatable bonds is 1. The standard InChI is InChI=1S/C15H10F2INO/c16-9-7-12(17)10-5-6-19(14(10)8-9)15(20)11-3-1-2-4-13(11)18/h1-4,7-8H,5-6H2. The van der Waals surface area contributed by atoms with Crippen LogP contribution in [0, 0.1) is 15.2 Å². The summed E-state index contributed by atoms with van der Waals surface area (Å²) >= 11 is 2.08. The summed E-state index contributed by atoms with van der Waals surface area (Å²) in [6.45, 7) is 0.375. The molecule has 20 heavy (non-hydrogen) atoms. The van der Waals surface area contributed by atoms with Crippen molar-refractivity contribution in [1.29, 1.82) is 0 Å². The first-order valence-electron chi connectivity index (χ1n) is 6.12. The molecule has 0 radical (unpaired) electrons. The maximum atomic E-state index is 13.7. The minimum atomic E-state index is -0.663. The molecule has 0 fully saturated rings. The molecular weight excluding hydrogens is 375 g/mol. The molecule has 2 aromatic rings. The average Bonchev–Trinajstić information content (AvgIpc) is 2.82. The van der Waals surface area contributed by atoms with Gasteiger partial charge >= 0.3 is 0 Å². The molecule has 0 unspecified atom stereocenters. The molecule has 1 aliphatic heterocycles. The number of hydrogen-bond acceptors (Lipinski definition) is 1. The molecular formula is C15H10F2INO. The monoisotopic (exact) mass is 385 g/mol. The van der Waals surface area contributed by atoms with Crippen LogP contribution in [-0.2, 0) is 6.42 Å². The average molecular weight is 385 g/mol. The zero-order chi connectivity index (χ0) is 14.3. The van der Waals surface area contributed by atoms with E-state index < -0.39 is 11.6 Å². The van der Waals surface area contributed by atoms with Crippen molar-refractivity contribution in [1.82, 2.24) is 0 Å². The number of fused-ring (bicyclic) bond motifs is 1.